The molecule has 0 unspecified atom stereocenters. The zero-order valence-electron chi connectivity index (χ0n) is 26.4. The Morgan fingerprint density at radius 1 is 0.327 bits per heavy atom. The quantitative estimate of drug-likeness (QED) is 0.175. The van der Waals surface area contributed by atoms with Crippen molar-refractivity contribution in [3.8, 4) is 22.4 Å². The zero-order valence-corrected chi connectivity index (χ0v) is 27.3. The number of aromatic nitrogens is 1. The summed E-state index contributed by atoms with van der Waals surface area (Å²) in [6, 6.07) is 58.4. The molecular weight excluding hydrogens is 611 g/mol. The Labute approximate surface area is 286 Å². The molecule has 2 heterocycles. The smallest absolute Gasteiger partial charge is 0.0880 e. The third kappa shape index (κ3) is 3.78. The van der Waals surface area contributed by atoms with E-state index in [1.165, 1.54) is 95.9 Å². The Balaban J connectivity index is 1.41. The number of rotatable bonds is 1. The number of pyridine rings is 1. The van der Waals surface area contributed by atoms with E-state index in [-0.39, 0.29) is 0 Å². The molecule has 0 radical (unpaired) electrons. The summed E-state index contributed by atoms with van der Waals surface area (Å²) in [6.07, 6.45) is 1.97. The molecule has 7 aromatic carbocycles. The fourth-order valence-electron chi connectivity index (χ4n) is 8.41. The van der Waals surface area contributed by atoms with E-state index in [9.17, 15) is 0 Å². The van der Waals surface area contributed by atoms with E-state index in [0.29, 0.717) is 0 Å². The highest BCUT2D eigenvalue weighted by atomic mass is 32.1. The second-order valence-corrected chi connectivity index (χ2v) is 14.0. The first-order valence-corrected chi connectivity index (χ1v) is 17.6. The molecule has 0 aliphatic heterocycles. The van der Waals surface area contributed by atoms with Gasteiger partial charge in [0.1, 0.15) is 0 Å². The molecule has 2 aliphatic rings. The largest absolute Gasteiger partial charge is 0.255 e. The molecule has 49 heavy (non-hydrogen) atoms. The highest BCUT2D eigenvalue weighted by Crippen LogP contribution is 2.48. The van der Waals surface area contributed by atoms with Crippen molar-refractivity contribution in [1.29, 1.82) is 0 Å². The maximum atomic E-state index is 5.03. The van der Waals surface area contributed by atoms with Crippen LogP contribution in [0.4, 0.5) is 0 Å². The van der Waals surface area contributed by atoms with Gasteiger partial charge >= 0.3 is 0 Å². The van der Waals surface area contributed by atoms with Gasteiger partial charge in [0.15, 0.2) is 0 Å². The molecule has 11 rings (SSSR count). The van der Waals surface area contributed by atoms with Crippen LogP contribution in [-0.2, 0) is 0 Å². The van der Waals surface area contributed by atoms with Gasteiger partial charge in [-0.1, -0.05) is 140 Å². The summed E-state index contributed by atoms with van der Waals surface area (Å²) < 4.78 is 2.52. The molecule has 2 aromatic heterocycles. The van der Waals surface area contributed by atoms with Gasteiger partial charge in [-0.15, -0.1) is 11.3 Å². The number of hydrogen-bond donors (Lipinski definition) is 0. The topological polar surface area (TPSA) is 12.9 Å². The predicted molar refractivity (Wildman–Crippen MR) is 213 cm³/mol. The number of thiophene rings is 1. The van der Waals surface area contributed by atoms with Crippen molar-refractivity contribution in [3.63, 3.8) is 0 Å². The minimum Gasteiger partial charge on any atom is -0.255 e. The Morgan fingerprint density at radius 3 is 1.31 bits per heavy atom. The molecule has 0 amide bonds. The van der Waals surface area contributed by atoms with Crippen LogP contribution < -0.4 is 0 Å². The van der Waals surface area contributed by atoms with Gasteiger partial charge in [-0.25, -0.2) is 0 Å². The van der Waals surface area contributed by atoms with E-state index in [2.05, 4.69) is 158 Å². The normalized spacial score (nSPS) is 12.1. The summed E-state index contributed by atoms with van der Waals surface area (Å²) in [5, 5.41) is 17.6. The Morgan fingerprint density at radius 2 is 0.755 bits per heavy atom. The second-order valence-electron chi connectivity index (χ2n) is 13.0. The molecule has 0 saturated carbocycles. The van der Waals surface area contributed by atoms with Crippen LogP contribution in [0.15, 0.2) is 164 Å². The van der Waals surface area contributed by atoms with Gasteiger partial charge in [-0.05, 0) is 94.0 Å². The lowest BCUT2D eigenvalue weighted by molar-refractivity contribution is 1.37. The standard InChI is InChI=1S/C47H27NS/c1-4-14-32-29(11-1)30-12-2-5-15-33(30)39-20-10-21-40-42-27-28(46-47-41(25-26-48-46)36-17-7-8-22-43(36)49-47)23-24-35(42)31-13-3-6-16-34(31)38-19-9-18-37(32)44(38)45(39)40/h1-27H. The molecule has 0 atom stereocenters. The van der Waals surface area contributed by atoms with E-state index >= 15 is 0 Å². The van der Waals surface area contributed by atoms with Crippen LogP contribution in [-0.4, -0.2) is 4.98 Å². The summed E-state index contributed by atoms with van der Waals surface area (Å²) in [6.45, 7) is 0. The molecule has 0 spiro atoms. The molecule has 226 valence electrons. The minimum atomic E-state index is 1.04. The Bertz CT molecular complexity index is 3170. The summed E-state index contributed by atoms with van der Waals surface area (Å²) in [7, 11) is 0. The Hall–Kier alpha value is -6.09. The summed E-state index contributed by atoms with van der Waals surface area (Å²) in [4.78, 5) is 5.03. The lowest BCUT2D eigenvalue weighted by atomic mass is 9.83. The number of nitrogens with zero attached hydrogens (tertiary/aromatic N) is 1. The van der Waals surface area contributed by atoms with Gasteiger partial charge in [-0.3, -0.25) is 4.98 Å². The third-order valence-electron chi connectivity index (χ3n) is 10.5. The summed E-state index contributed by atoms with van der Waals surface area (Å²) >= 11 is 1.83. The average molecular weight is 638 g/mol. The van der Waals surface area contributed by atoms with Crippen LogP contribution in [0.2, 0.25) is 0 Å². The fourth-order valence-corrected chi connectivity index (χ4v) is 9.62. The van der Waals surface area contributed by atoms with Crippen molar-refractivity contribution < 1.29 is 0 Å². The Kier molecular flexibility index (Phi) is 5.61. The third-order valence-corrected chi connectivity index (χ3v) is 11.7. The van der Waals surface area contributed by atoms with Crippen LogP contribution >= 0.6 is 11.3 Å². The van der Waals surface area contributed by atoms with Gasteiger partial charge in [0.2, 0.25) is 0 Å². The molecule has 0 bridgehead atoms. The molecule has 9 aromatic rings. The number of hydrogen-bond acceptors (Lipinski definition) is 2. The van der Waals surface area contributed by atoms with Gasteiger partial charge in [-0.2, -0.15) is 0 Å². The lowest BCUT2D eigenvalue weighted by Crippen LogP contribution is -1.92. The fraction of sp³-hybridized carbons (Fsp3) is 0. The molecule has 2 aliphatic carbocycles. The molecule has 1 nitrogen and oxygen atoms in total. The van der Waals surface area contributed by atoms with Crippen LogP contribution in [0, 0.1) is 0 Å². The predicted octanol–water partition coefficient (Wildman–Crippen LogP) is 13.7. The van der Waals surface area contributed by atoms with Crippen molar-refractivity contribution in [2.24, 2.45) is 0 Å². The van der Waals surface area contributed by atoms with Crippen LogP contribution in [0.5, 0.6) is 0 Å². The molecule has 0 saturated heterocycles. The van der Waals surface area contributed by atoms with E-state index in [4.69, 9.17) is 4.98 Å². The summed E-state index contributed by atoms with van der Waals surface area (Å²) in [5.41, 5.74) is 4.76. The highest BCUT2D eigenvalue weighted by molar-refractivity contribution is 7.26. The van der Waals surface area contributed by atoms with Gasteiger partial charge in [0, 0.05) is 27.2 Å². The first-order valence-electron chi connectivity index (χ1n) is 16.8. The molecule has 0 N–H and O–H groups in total. The minimum absolute atomic E-state index is 1.04. The molecular formula is C47H27NS. The highest BCUT2D eigenvalue weighted by Gasteiger charge is 2.20. The van der Waals surface area contributed by atoms with Crippen LogP contribution in [0.3, 0.4) is 0 Å². The lowest BCUT2D eigenvalue weighted by Gasteiger charge is -2.19. The monoisotopic (exact) mass is 637 g/mol. The maximum absolute atomic E-state index is 5.03. The van der Waals surface area contributed by atoms with E-state index < -0.39 is 0 Å². The zero-order chi connectivity index (χ0) is 32.1. The van der Waals surface area contributed by atoms with Gasteiger partial charge in [0.25, 0.3) is 0 Å². The first kappa shape index (κ1) is 26.9. The van der Waals surface area contributed by atoms with E-state index in [1.807, 2.05) is 17.5 Å². The number of fused-ring (bicyclic) bond motifs is 13. The van der Waals surface area contributed by atoms with Crippen molar-refractivity contribution in [1.82, 2.24) is 4.98 Å². The van der Waals surface area contributed by atoms with Gasteiger partial charge in [0.05, 0.1) is 10.4 Å². The molecule has 0 fully saturated rings. The SMILES string of the molecule is c1ccc2c(c1)sc1c(-c3ccc4c(c3)c3cccc5c3-c3c(cccc3c3ccccc34)c3ccccc3c3ccccc53)nccc12. The van der Waals surface area contributed by atoms with Crippen molar-refractivity contribution in [3.05, 3.63) is 164 Å². The average Bonchev–Trinajstić information content (AvgIpc) is 3.55. The van der Waals surface area contributed by atoms with E-state index in [0.717, 1.165) is 11.3 Å². The first-order chi connectivity index (χ1) is 24.3. The van der Waals surface area contributed by atoms with E-state index in [1.54, 1.807) is 0 Å². The van der Waals surface area contributed by atoms with Gasteiger partial charge < -0.3 is 0 Å². The van der Waals surface area contributed by atoms with Crippen molar-refractivity contribution >= 4 is 96.1 Å². The summed E-state index contributed by atoms with van der Waals surface area (Å²) in [5.74, 6) is 0. The van der Waals surface area contributed by atoms with Crippen molar-refractivity contribution in [2.45, 2.75) is 0 Å². The second kappa shape index (κ2) is 10.2. The van der Waals surface area contributed by atoms with Crippen LogP contribution in [0.25, 0.3) is 107 Å². The maximum Gasteiger partial charge on any atom is 0.0880 e. The molecule has 2 heteroatoms. The van der Waals surface area contributed by atoms with Crippen molar-refractivity contribution in [2.75, 3.05) is 0 Å². The number of benzene rings is 7. The van der Waals surface area contributed by atoms with Crippen LogP contribution in [0.1, 0.15) is 0 Å².